The molecule has 398 valence electrons. The van der Waals surface area contributed by atoms with Gasteiger partial charge in [-0.25, -0.2) is 0 Å². The summed E-state index contributed by atoms with van der Waals surface area (Å²) < 4.78 is 5.50. The van der Waals surface area contributed by atoms with Crippen molar-refractivity contribution >= 4 is 11.9 Å². The minimum Gasteiger partial charge on any atom is -0.466 e. The highest BCUT2D eigenvalue weighted by Crippen LogP contribution is 2.18. The van der Waals surface area contributed by atoms with E-state index in [0.29, 0.717) is 19.4 Å². The van der Waals surface area contributed by atoms with Gasteiger partial charge in [0.1, 0.15) is 0 Å². The number of hydrogen-bond donors (Lipinski definition) is 3. The Morgan fingerprint density at radius 1 is 0.403 bits per heavy atom. The summed E-state index contributed by atoms with van der Waals surface area (Å²) in [6.45, 7) is 4.92. The van der Waals surface area contributed by atoms with Gasteiger partial charge >= 0.3 is 5.97 Å². The van der Waals surface area contributed by atoms with E-state index < -0.39 is 12.1 Å². The molecule has 0 aliphatic carbocycles. The van der Waals surface area contributed by atoms with E-state index in [1.54, 1.807) is 6.08 Å². The molecule has 0 aliphatic rings. The molecule has 0 aromatic heterocycles. The van der Waals surface area contributed by atoms with E-state index in [9.17, 15) is 19.8 Å². The average molecular weight is 947 g/mol. The van der Waals surface area contributed by atoms with E-state index in [4.69, 9.17) is 4.74 Å². The molecule has 2 unspecified atom stereocenters. The van der Waals surface area contributed by atoms with Crippen LogP contribution in [-0.2, 0) is 14.3 Å². The summed E-state index contributed by atoms with van der Waals surface area (Å²) >= 11 is 0. The quantitative estimate of drug-likeness (QED) is 0.0321. The lowest BCUT2D eigenvalue weighted by Crippen LogP contribution is -2.45. The van der Waals surface area contributed by atoms with E-state index in [-0.39, 0.29) is 18.5 Å². The molecule has 0 aliphatic heterocycles. The smallest absolute Gasteiger partial charge is 0.305 e. The Bertz CT molecular complexity index is 1000. The maximum absolute atomic E-state index is 12.5. The second-order valence-corrected chi connectivity index (χ2v) is 21.0. The Kier molecular flexibility index (Phi) is 56.0. The lowest BCUT2D eigenvalue weighted by molar-refractivity contribution is -0.143. The van der Waals surface area contributed by atoms with Gasteiger partial charge in [-0.3, -0.25) is 9.59 Å². The molecule has 0 saturated carbocycles. The van der Waals surface area contributed by atoms with Gasteiger partial charge in [0.05, 0.1) is 25.4 Å². The summed E-state index contributed by atoms with van der Waals surface area (Å²) in [7, 11) is 0. The van der Waals surface area contributed by atoms with Crippen molar-refractivity contribution in [2.75, 3.05) is 13.2 Å². The highest BCUT2D eigenvalue weighted by molar-refractivity contribution is 5.76. The molecular weight excluding hydrogens is 827 g/mol. The second-order valence-electron chi connectivity index (χ2n) is 21.0. The van der Waals surface area contributed by atoms with Crippen LogP contribution in [0.5, 0.6) is 0 Å². The molecule has 0 heterocycles. The zero-order chi connectivity index (χ0) is 48.6. The zero-order valence-corrected chi connectivity index (χ0v) is 45.4. The van der Waals surface area contributed by atoms with Crippen LogP contribution >= 0.6 is 0 Å². The lowest BCUT2D eigenvalue weighted by atomic mass is 10.0. The minimum atomic E-state index is -0.847. The monoisotopic (exact) mass is 946 g/mol. The molecule has 3 N–H and O–H groups in total. The number of aliphatic hydroxyl groups is 2. The number of amides is 1. The molecular formula is C61H119NO5. The zero-order valence-electron chi connectivity index (χ0n) is 45.4. The predicted octanol–water partition coefficient (Wildman–Crippen LogP) is 18.9. The van der Waals surface area contributed by atoms with Crippen LogP contribution in [0.2, 0.25) is 0 Å². The molecule has 0 aromatic carbocycles. The number of allylic oxidation sites excluding steroid dienone is 1. The molecule has 0 aromatic rings. The normalized spacial score (nSPS) is 12.6. The third-order valence-electron chi connectivity index (χ3n) is 14.3. The van der Waals surface area contributed by atoms with Crippen molar-refractivity contribution in [1.29, 1.82) is 0 Å². The molecule has 0 fully saturated rings. The summed E-state index contributed by atoms with van der Waals surface area (Å²) in [5.74, 6) is -0.0615. The lowest BCUT2D eigenvalue weighted by Gasteiger charge is -2.20. The molecule has 6 nitrogen and oxygen atoms in total. The molecule has 0 saturated heterocycles. The Balaban J connectivity index is 3.40. The number of carbonyl (C=O) groups is 2. The van der Waals surface area contributed by atoms with Gasteiger partial charge in [-0.05, 0) is 32.1 Å². The first-order chi connectivity index (χ1) is 33.0. The fourth-order valence-corrected chi connectivity index (χ4v) is 9.64. The van der Waals surface area contributed by atoms with E-state index in [1.807, 2.05) is 6.08 Å². The van der Waals surface area contributed by atoms with Crippen LogP contribution in [0.4, 0.5) is 0 Å². The number of esters is 1. The van der Waals surface area contributed by atoms with E-state index in [1.165, 1.54) is 276 Å². The van der Waals surface area contributed by atoms with Crippen molar-refractivity contribution in [2.45, 2.75) is 353 Å². The Morgan fingerprint density at radius 2 is 0.687 bits per heavy atom. The molecule has 0 spiro atoms. The van der Waals surface area contributed by atoms with Crippen LogP contribution in [0.25, 0.3) is 0 Å². The second kappa shape index (κ2) is 57.2. The maximum atomic E-state index is 12.5. The molecule has 67 heavy (non-hydrogen) atoms. The summed E-state index contributed by atoms with van der Waals surface area (Å²) in [5.41, 5.74) is 0. The van der Waals surface area contributed by atoms with E-state index in [0.717, 1.165) is 38.5 Å². The van der Waals surface area contributed by atoms with Crippen molar-refractivity contribution in [2.24, 2.45) is 0 Å². The van der Waals surface area contributed by atoms with Crippen molar-refractivity contribution in [3.05, 3.63) is 12.2 Å². The van der Waals surface area contributed by atoms with Crippen molar-refractivity contribution in [3.8, 4) is 0 Å². The van der Waals surface area contributed by atoms with Gasteiger partial charge in [0, 0.05) is 12.8 Å². The Hall–Kier alpha value is -1.40. The first kappa shape index (κ1) is 65.6. The van der Waals surface area contributed by atoms with Gasteiger partial charge in [0.2, 0.25) is 5.91 Å². The molecule has 2 atom stereocenters. The predicted molar refractivity (Wildman–Crippen MR) is 292 cm³/mol. The molecule has 0 bridgehead atoms. The SMILES string of the molecule is CCCCCCCCCCCCCCC/C=C/C(O)C(CO)NC(=O)CCCCCCCCCCCCCCCCCCCOC(=O)CCCCCCCCCCCCCCCCCCCC. The van der Waals surface area contributed by atoms with Crippen molar-refractivity contribution < 1.29 is 24.5 Å². The Labute approximate surface area is 419 Å². The standard InChI is InChI=1S/C61H119NO5/c1-3-5-7-9-11-13-15-17-19-20-23-27-31-35-39-43-47-51-55-61(66)67-56-52-48-44-40-36-32-28-24-21-22-26-30-34-38-42-46-50-54-60(65)62-58(57-63)59(64)53-49-45-41-37-33-29-25-18-16-14-12-10-8-6-4-2/h49,53,58-59,63-64H,3-48,50-52,54-57H2,1-2H3,(H,62,65)/b53-49+. The van der Waals surface area contributed by atoms with Gasteiger partial charge < -0.3 is 20.3 Å². The van der Waals surface area contributed by atoms with Crippen LogP contribution in [0.1, 0.15) is 341 Å². The number of nitrogens with one attached hydrogen (secondary N) is 1. The maximum Gasteiger partial charge on any atom is 0.305 e. The van der Waals surface area contributed by atoms with Crippen molar-refractivity contribution in [3.63, 3.8) is 0 Å². The van der Waals surface area contributed by atoms with Crippen LogP contribution < -0.4 is 5.32 Å². The summed E-state index contributed by atoms with van der Waals surface area (Å²) in [6.07, 6.45) is 68.1. The number of rotatable bonds is 57. The first-order valence-electron chi connectivity index (χ1n) is 30.5. The average Bonchev–Trinajstić information content (AvgIpc) is 3.33. The first-order valence-corrected chi connectivity index (χ1v) is 30.5. The van der Waals surface area contributed by atoms with Gasteiger partial charge in [0.15, 0.2) is 0 Å². The summed E-state index contributed by atoms with van der Waals surface area (Å²) in [4.78, 5) is 24.5. The molecule has 0 rings (SSSR count). The fraction of sp³-hybridized carbons (Fsp3) is 0.934. The van der Waals surface area contributed by atoms with Crippen LogP contribution in [0.3, 0.4) is 0 Å². The third-order valence-corrected chi connectivity index (χ3v) is 14.3. The van der Waals surface area contributed by atoms with Gasteiger partial charge in [-0.15, -0.1) is 0 Å². The largest absolute Gasteiger partial charge is 0.466 e. The van der Waals surface area contributed by atoms with Gasteiger partial charge in [0.25, 0.3) is 0 Å². The number of aliphatic hydroxyl groups excluding tert-OH is 2. The number of carbonyl (C=O) groups excluding carboxylic acids is 2. The summed E-state index contributed by atoms with van der Waals surface area (Å²) in [6, 6.07) is -0.631. The molecule has 6 heteroatoms. The third kappa shape index (κ3) is 53.8. The van der Waals surface area contributed by atoms with Crippen molar-refractivity contribution in [1.82, 2.24) is 5.32 Å². The highest BCUT2D eigenvalue weighted by Gasteiger charge is 2.18. The van der Waals surface area contributed by atoms with Crippen LogP contribution in [-0.4, -0.2) is 47.4 Å². The van der Waals surface area contributed by atoms with Crippen LogP contribution in [0.15, 0.2) is 12.2 Å². The summed E-state index contributed by atoms with van der Waals surface area (Å²) in [5, 5.41) is 23.1. The molecule has 0 radical (unpaired) electrons. The number of hydrogen-bond acceptors (Lipinski definition) is 5. The molecule has 1 amide bonds. The number of unbranched alkanes of at least 4 members (excludes halogenated alkanes) is 46. The van der Waals surface area contributed by atoms with Crippen LogP contribution in [0, 0.1) is 0 Å². The van der Waals surface area contributed by atoms with E-state index in [2.05, 4.69) is 19.2 Å². The van der Waals surface area contributed by atoms with Gasteiger partial charge in [-0.1, -0.05) is 309 Å². The van der Waals surface area contributed by atoms with E-state index >= 15 is 0 Å². The van der Waals surface area contributed by atoms with Gasteiger partial charge in [-0.2, -0.15) is 0 Å². The fourth-order valence-electron chi connectivity index (χ4n) is 9.64. The Morgan fingerprint density at radius 3 is 1.01 bits per heavy atom. The number of ether oxygens (including phenoxy) is 1. The highest BCUT2D eigenvalue weighted by atomic mass is 16.5. The minimum absolute atomic E-state index is 0.00948. The topological polar surface area (TPSA) is 95.9 Å².